The van der Waals surface area contributed by atoms with Gasteiger partial charge in [0.1, 0.15) is 16.5 Å². The molecule has 0 bridgehead atoms. The molecule has 30 heavy (non-hydrogen) atoms. The summed E-state index contributed by atoms with van der Waals surface area (Å²) in [5, 5.41) is 0.433. The van der Waals surface area contributed by atoms with Gasteiger partial charge in [-0.05, 0) is 43.8 Å². The van der Waals surface area contributed by atoms with E-state index in [1.54, 1.807) is 23.6 Å². The van der Waals surface area contributed by atoms with E-state index in [4.69, 9.17) is 18.0 Å². The first-order chi connectivity index (χ1) is 14.3. The predicted octanol–water partition coefficient (Wildman–Crippen LogP) is 3.62. The van der Waals surface area contributed by atoms with Gasteiger partial charge >= 0.3 is 0 Å². The van der Waals surface area contributed by atoms with Crippen LogP contribution in [0.1, 0.15) is 26.6 Å². The van der Waals surface area contributed by atoms with Crippen LogP contribution in [0, 0.1) is 17.8 Å². The fourth-order valence-corrected chi connectivity index (χ4v) is 4.40. The zero-order valence-corrected chi connectivity index (χ0v) is 18.0. The van der Waals surface area contributed by atoms with Crippen LogP contribution in [0.4, 0.5) is 5.82 Å². The molecule has 2 heterocycles. The number of nitrogen functional groups attached to an aromatic ring is 1. The van der Waals surface area contributed by atoms with Crippen molar-refractivity contribution in [1.29, 1.82) is 0 Å². The van der Waals surface area contributed by atoms with Gasteiger partial charge in [-0.15, -0.1) is 0 Å². The molecule has 0 unspecified atom stereocenters. The molecule has 0 aliphatic heterocycles. The summed E-state index contributed by atoms with van der Waals surface area (Å²) in [6.07, 6.45) is 0. The van der Waals surface area contributed by atoms with Crippen molar-refractivity contribution >= 4 is 46.2 Å². The third-order valence-electron chi connectivity index (χ3n) is 4.73. The number of anilines is 1. The van der Waals surface area contributed by atoms with Crippen molar-refractivity contribution in [1.82, 2.24) is 14.2 Å². The third kappa shape index (κ3) is 3.64. The normalized spacial score (nSPS) is 11.0. The molecule has 152 valence electrons. The first-order valence-electron chi connectivity index (χ1n) is 9.19. The second-order valence-electron chi connectivity index (χ2n) is 6.92. The number of rotatable bonds is 4. The Hall–Kier alpha value is -3.30. The van der Waals surface area contributed by atoms with Crippen molar-refractivity contribution in [2.45, 2.75) is 20.4 Å². The van der Waals surface area contributed by atoms with E-state index in [1.807, 2.05) is 43.3 Å². The highest BCUT2D eigenvalue weighted by atomic mass is 32.1. The fourth-order valence-electron chi connectivity index (χ4n) is 3.19. The van der Waals surface area contributed by atoms with Gasteiger partial charge in [-0.1, -0.05) is 53.3 Å². The van der Waals surface area contributed by atoms with Crippen molar-refractivity contribution in [2.24, 2.45) is 0 Å². The number of hydrogen-bond donors (Lipinski definition) is 2. The minimum absolute atomic E-state index is 0.256. The van der Waals surface area contributed by atoms with Gasteiger partial charge in [-0.25, -0.2) is 9.66 Å². The van der Waals surface area contributed by atoms with Crippen LogP contribution in [0.15, 0.2) is 53.3 Å². The molecule has 1 amide bonds. The summed E-state index contributed by atoms with van der Waals surface area (Å²) in [6.45, 7) is 4.02. The van der Waals surface area contributed by atoms with E-state index in [-0.39, 0.29) is 16.3 Å². The van der Waals surface area contributed by atoms with Crippen LogP contribution in [0.5, 0.6) is 0 Å². The zero-order chi connectivity index (χ0) is 21.4. The molecular formula is C21H19N5O2S2. The maximum atomic E-state index is 12.9. The quantitative estimate of drug-likeness (QED) is 0.476. The van der Waals surface area contributed by atoms with Crippen molar-refractivity contribution in [2.75, 3.05) is 11.2 Å². The first kappa shape index (κ1) is 20.0. The molecule has 2 aromatic carbocycles. The number of benzene rings is 2. The van der Waals surface area contributed by atoms with E-state index < -0.39 is 5.91 Å². The molecule has 0 spiro atoms. The smallest absolute Gasteiger partial charge is 0.284 e. The molecule has 0 fully saturated rings. The lowest BCUT2D eigenvalue weighted by Gasteiger charge is -2.12. The molecule has 0 radical (unpaired) electrons. The summed E-state index contributed by atoms with van der Waals surface area (Å²) in [5.74, 6) is 0.131. The highest BCUT2D eigenvalue weighted by Crippen LogP contribution is 2.23. The largest absolute Gasteiger partial charge is 0.384 e. The molecular weight excluding hydrogens is 418 g/mol. The molecule has 7 nitrogen and oxygen atoms in total. The standard InChI is InChI=1S/C21H19N5O2S2/c1-12-8-9-16-15(10-12)20(28)26(13(2)23-16)24-19(27)17-18(22)25(21(29)30-17)11-14-6-4-3-5-7-14/h3-10H,11,22H2,1-2H3,(H,24,27). The topological polar surface area (TPSA) is 94.9 Å². The molecule has 0 saturated carbocycles. The maximum absolute atomic E-state index is 12.9. The highest BCUT2D eigenvalue weighted by Gasteiger charge is 2.19. The summed E-state index contributed by atoms with van der Waals surface area (Å²) < 4.78 is 3.34. The van der Waals surface area contributed by atoms with E-state index in [1.165, 1.54) is 0 Å². The van der Waals surface area contributed by atoms with Gasteiger partial charge in [-0.2, -0.15) is 0 Å². The van der Waals surface area contributed by atoms with Gasteiger partial charge in [0.05, 0.1) is 17.4 Å². The molecule has 4 aromatic rings. The lowest BCUT2D eigenvalue weighted by Crippen LogP contribution is -2.35. The number of nitrogens with one attached hydrogen (secondary N) is 1. The molecule has 0 atom stereocenters. The van der Waals surface area contributed by atoms with Crippen LogP contribution in [-0.4, -0.2) is 20.1 Å². The van der Waals surface area contributed by atoms with Gasteiger partial charge < -0.3 is 10.3 Å². The Morgan fingerprint density at radius 3 is 2.67 bits per heavy atom. The average molecular weight is 438 g/mol. The second kappa shape index (κ2) is 7.85. The summed E-state index contributed by atoms with van der Waals surface area (Å²) in [4.78, 5) is 30.5. The van der Waals surface area contributed by atoms with Gasteiger partial charge in [-0.3, -0.25) is 15.0 Å². The summed E-state index contributed by atoms with van der Waals surface area (Å²) in [6, 6.07) is 15.1. The van der Waals surface area contributed by atoms with Crippen molar-refractivity contribution in [3.63, 3.8) is 0 Å². The van der Waals surface area contributed by atoms with Crippen molar-refractivity contribution in [3.05, 3.63) is 84.7 Å². The number of carbonyl (C=O) groups is 1. The SMILES string of the molecule is Cc1ccc2nc(C)n(NC(=O)c3sc(=S)n(Cc4ccccc4)c3N)c(=O)c2c1. The molecule has 4 rings (SSSR count). The molecule has 9 heteroatoms. The van der Waals surface area contributed by atoms with E-state index in [0.717, 1.165) is 27.1 Å². The van der Waals surface area contributed by atoms with Crippen LogP contribution in [0.3, 0.4) is 0 Å². The number of nitrogens with zero attached hydrogens (tertiary/aromatic N) is 3. The number of aryl methyl sites for hydroxylation is 2. The Kier molecular flexibility index (Phi) is 5.23. The molecule has 3 N–H and O–H groups in total. The Morgan fingerprint density at radius 1 is 1.20 bits per heavy atom. The first-order valence-corrected chi connectivity index (χ1v) is 10.4. The Labute approximate surface area is 181 Å². The zero-order valence-electron chi connectivity index (χ0n) is 16.4. The fraction of sp³-hybridized carbons (Fsp3) is 0.143. The van der Waals surface area contributed by atoms with Crippen LogP contribution < -0.4 is 16.7 Å². The highest BCUT2D eigenvalue weighted by molar-refractivity contribution is 7.73. The van der Waals surface area contributed by atoms with Gasteiger partial charge in [0, 0.05) is 0 Å². The van der Waals surface area contributed by atoms with Crippen LogP contribution >= 0.6 is 23.6 Å². The molecule has 0 aliphatic rings. The number of thiazole rings is 1. The van der Waals surface area contributed by atoms with Crippen LogP contribution in [-0.2, 0) is 6.54 Å². The number of carbonyl (C=O) groups excluding carboxylic acids is 1. The van der Waals surface area contributed by atoms with Gasteiger partial charge in [0.15, 0.2) is 3.95 Å². The lowest BCUT2D eigenvalue weighted by atomic mass is 10.2. The second-order valence-corrected chi connectivity index (χ2v) is 8.56. The summed E-state index contributed by atoms with van der Waals surface area (Å²) >= 11 is 6.52. The minimum Gasteiger partial charge on any atom is -0.384 e. The molecule has 0 saturated heterocycles. The number of fused-ring (bicyclic) bond motifs is 1. The third-order valence-corrected chi connectivity index (χ3v) is 6.19. The lowest BCUT2D eigenvalue weighted by molar-refractivity contribution is 0.101. The van der Waals surface area contributed by atoms with E-state index >= 15 is 0 Å². The Bertz CT molecular complexity index is 1390. The number of nitrogens with two attached hydrogens (primary N) is 1. The average Bonchev–Trinajstić information content (AvgIpc) is 3.01. The Balaban J connectivity index is 1.69. The van der Waals surface area contributed by atoms with E-state index in [2.05, 4.69) is 10.4 Å². The van der Waals surface area contributed by atoms with Crippen molar-refractivity contribution < 1.29 is 4.79 Å². The van der Waals surface area contributed by atoms with Crippen LogP contribution in [0.25, 0.3) is 10.9 Å². The van der Waals surface area contributed by atoms with E-state index in [0.29, 0.717) is 27.2 Å². The van der Waals surface area contributed by atoms with Gasteiger partial charge in [0.2, 0.25) is 0 Å². The van der Waals surface area contributed by atoms with Gasteiger partial charge in [0.25, 0.3) is 11.5 Å². The Morgan fingerprint density at radius 2 is 1.93 bits per heavy atom. The van der Waals surface area contributed by atoms with E-state index in [9.17, 15) is 9.59 Å². The number of amides is 1. The predicted molar refractivity (Wildman–Crippen MR) is 122 cm³/mol. The molecule has 2 aromatic heterocycles. The molecule has 0 aliphatic carbocycles. The number of aromatic nitrogens is 3. The van der Waals surface area contributed by atoms with Crippen LogP contribution in [0.2, 0.25) is 0 Å². The van der Waals surface area contributed by atoms with Crippen molar-refractivity contribution in [3.8, 4) is 0 Å². The summed E-state index contributed by atoms with van der Waals surface area (Å²) in [7, 11) is 0. The summed E-state index contributed by atoms with van der Waals surface area (Å²) in [5.41, 5.74) is 11.0. The minimum atomic E-state index is -0.505. The monoisotopic (exact) mass is 437 g/mol. The maximum Gasteiger partial charge on any atom is 0.284 e. The number of hydrogen-bond acceptors (Lipinski definition) is 6.